The van der Waals surface area contributed by atoms with Crippen molar-refractivity contribution in [3.8, 4) is 0 Å². The highest BCUT2D eigenvalue weighted by Gasteiger charge is 2.31. The van der Waals surface area contributed by atoms with Gasteiger partial charge in [0.05, 0.1) is 83.0 Å². The van der Waals surface area contributed by atoms with Gasteiger partial charge in [-0.3, -0.25) is 19.4 Å². The molecular weight excluding hydrogens is 652 g/mol. The number of ether oxygens (including phenoxy) is 5. The first-order valence-electron chi connectivity index (χ1n) is 17.6. The normalized spacial score (nSPS) is 14.5. The van der Waals surface area contributed by atoms with Crippen LogP contribution in [0.15, 0.2) is 90.1 Å². The summed E-state index contributed by atoms with van der Waals surface area (Å²) in [6, 6.07) is 21.1. The Morgan fingerprint density at radius 3 is 2.31 bits per heavy atom. The molecule has 0 saturated carbocycles. The number of pyridine rings is 2. The Morgan fingerprint density at radius 1 is 0.843 bits per heavy atom. The maximum Gasteiger partial charge on any atom is 0.326 e. The van der Waals surface area contributed by atoms with E-state index in [4.69, 9.17) is 23.7 Å². The number of hydrogen-bond donors (Lipinski definition) is 0. The van der Waals surface area contributed by atoms with Gasteiger partial charge in [-0.15, -0.1) is 0 Å². The summed E-state index contributed by atoms with van der Waals surface area (Å²) in [4.78, 5) is 47.5. The molecule has 272 valence electrons. The molecular formula is C39H48N4O8. The van der Waals surface area contributed by atoms with Gasteiger partial charge < -0.3 is 38.1 Å². The van der Waals surface area contributed by atoms with Crippen LogP contribution < -0.4 is 15.4 Å². The molecule has 2 aromatic heterocycles. The van der Waals surface area contributed by atoms with Gasteiger partial charge in [0.15, 0.2) is 0 Å². The number of esters is 1. The number of benzene rings is 2. The van der Waals surface area contributed by atoms with Crippen LogP contribution in [0.1, 0.15) is 25.3 Å². The molecule has 1 saturated heterocycles. The minimum Gasteiger partial charge on any atom is -0.465 e. The maximum absolute atomic E-state index is 14.3. The summed E-state index contributed by atoms with van der Waals surface area (Å²) >= 11 is 0. The van der Waals surface area contributed by atoms with Crippen molar-refractivity contribution >= 4 is 34.0 Å². The van der Waals surface area contributed by atoms with Crippen molar-refractivity contribution in [2.24, 2.45) is 5.92 Å². The second kappa shape index (κ2) is 20.3. The van der Waals surface area contributed by atoms with Gasteiger partial charge in [-0.25, -0.2) is 0 Å². The number of nitrogens with zero attached hydrogens (tertiary/aromatic N) is 4. The fraction of sp³-hybridized carbons (Fsp3) is 0.436. The molecule has 0 bridgehead atoms. The number of carbonyl (C=O) groups excluding carboxylic acids is 2. The average Bonchev–Trinajstić information content (AvgIpc) is 3.16. The van der Waals surface area contributed by atoms with Crippen LogP contribution in [-0.2, 0) is 46.4 Å². The second-order valence-electron chi connectivity index (χ2n) is 12.2. The molecule has 4 aromatic rings. The highest BCUT2D eigenvalue weighted by atomic mass is 16.6. The minimum absolute atomic E-state index is 0.0704. The lowest BCUT2D eigenvalue weighted by Crippen LogP contribution is -2.46. The van der Waals surface area contributed by atoms with Crippen molar-refractivity contribution in [2.45, 2.75) is 32.9 Å². The molecule has 1 amide bonds. The Bertz CT molecular complexity index is 1730. The van der Waals surface area contributed by atoms with Gasteiger partial charge in [0.25, 0.3) is 5.56 Å². The van der Waals surface area contributed by atoms with Crippen LogP contribution in [-0.4, -0.2) is 93.9 Å². The second-order valence-corrected chi connectivity index (χ2v) is 12.2. The van der Waals surface area contributed by atoms with E-state index in [9.17, 15) is 14.4 Å². The summed E-state index contributed by atoms with van der Waals surface area (Å²) in [7, 11) is 0. The molecule has 0 unspecified atom stereocenters. The molecule has 12 nitrogen and oxygen atoms in total. The van der Waals surface area contributed by atoms with E-state index in [-0.39, 0.29) is 43.7 Å². The van der Waals surface area contributed by atoms with Gasteiger partial charge >= 0.3 is 5.97 Å². The van der Waals surface area contributed by atoms with Gasteiger partial charge in [0.1, 0.15) is 6.54 Å². The van der Waals surface area contributed by atoms with Crippen LogP contribution in [0.5, 0.6) is 0 Å². The van der Waals surface area contributed by atoms with E-state index < -0.39 is 5.97 Å². The SMILES string of the molecule is CCOC(=O)Cn1cc(N(CCOCCOCCOCCOCc2ccccc2)C(=O)[C@H]2CCCN(c3cncc4ccccc34)C2)ccc1=O. The number of anilines is 2. The number of hydrogen-bond acceptors (Lipinski definition) is 10. The van der Waals surface area contributed by atoms with Gasteiger partial charge in [0.2, 0.25) is 5.91 Å². The molecule has 12 heteroatoms. The average molecular weight is 701 g/mol. The third-order valence-corrected chi connectivity index (χ3v) is 8.60. The predicted octanol–water partition coefficient (Wildman–Crippen LogP) is 4.48. The molecule has 51 heavy (non-hydrogen) atoms. The van der Waals surface area contributed by atoms with Crippen LogP contribution >= 0.6 is 0 Å². The van der Waals surface area contributed by atoms with Crippen LogP contribution in [0.2, 0.25) is 0 Å². The first-order chi connectivity index (χ1) is 25.0. The van der Waals surface area contributed by atoms with Gasteiger partial charge in [-0.1, -0.05) is 54.6 Å². The molecule has 1 atom stereocenters. The minimum atomic E-state index is -0.522. The van der Waals surface area contributed by atoms with Crippen LogP contribution in [0.4, 0.5) is 11.4 Å². The number of carbonyl (C=O) groups is 2. The van der Waals surface area contributed by atoms with E-state index in [2.05, 4.69) is 16.0 Å². The number of piperidine rings is 1. The smallest absolute Gasteiger partial charge is 0.326 e. The summed E-state index contributed by atoms with van der Waals surface area (Å²) in [5.41, 5.74) is 2.29. The lowest BCUT2D eigenvalue weighted by molar-refractivity contribution is -0.143. The molecule has 0 spiro atoms. The fourth-order valence-electron chi connectivity index (χ4n) is 6.06. The molecule has 5 rings (SSSR count). The van der Waals surface area contributed by atoms with Crippen molar-refractivity contribution in [3.63, 3.8) is 0 Å². The van der Waals surface area contributed by atoms with Crippen molar-refractivity contribution in [3.05, 3.63) is 101 Å². The van der Waals surface area contributed by atoms with Gasteiger partial charge in [0, 0.05) is 48.9 Å². The van der Waals surface area contributed by atoms with Gasteiger partial charge in [-0.05, 0) is 31.4 Å². The van der Waals surface area contributed by atoms with Gasteiger partial charge in [-0.2, -0.15) is 0 Å². The maximum atomic E-state index is 14.3. The number of rotatable bonds is 20. The van der Waals surface area contributed by atoms with Crippen LogP contribution in [0.3, 0.4) is 0 Å². The van der Waals surface area contributed by atoms with Crippen molar-refractivity contribution in [2.75, 3.05) is 82.3 Å². The summed E-state index contributed by atoms with van der Waals surface area (Å²) in [6.07, 6.45) is 6.82. The van der Waals surface area contributed by atoms with Crippen LogP contribution in [0.25, 0.3) is 10.8 Å². The van der Waals surface area contributed by atoms with E-state index in [1.165, 1.54) is 10.6 Å². The molecule has 3 heterocycles. The first-order valence-corrected chi connectivity index (χ1v) is 17.6. The van der Waals surface area contributed by atoms with E-state index >= 15 is 0 Å². The first kappa shape index (κ1) is 37.6. The lowest BCUT2D eigenvalue weighted by atomic mass is 9.95. The zero-order valence-electron chi connectivity index (χ0n) is 29.3. The zero-order valence-corrected chi connectivity index (χ0v) is 29.3. The Balaban J connectivity index is 1.13. The highest BCUT2D eigenvalue weighted by molar-refractivity contribution is 5.96. The molecule has 1 aliphatic heterocycles. The number of aromatic nitrogens is 2. The standard InChI is InChI=1S/C39H48N4O8/c1-2-51-38(45)29-42-28-34(14-15-37(42)44)43(17-18-47-19-20-48-21-22-49-23-24-50-30-31-9-4-3-5-10-31)39(46)33-12-8-16-41(27-33)36-26-40-25-32-11-6-7-13-35(32)36/h3-7,9-11,13-15,25-26,28,33H,2,8,12,16-24,27,29-30H2,1H3/t33-/m0/s1. The summed E-state index contributed by atoms with van der Waals surface area (Å²) < 4.78 is 29.1. The molecule has 0 radical (unpaired) electrons. The molecule has 1 aliphatic rings. The summed E-state index contributed by atoms with van der Waals surface area (Å²) in [6.45, 7) is 6.69. The van der Waals surface area contributed by atoms with E-state index in [0.717, 1.165) is 41.4 Å². The zero-order chi connectivity index (χ0) is 35.7. The summed E-state index contributed by atoms with van der Waals surface area (Å²) in [5.74, 6) is -0.888. The molecule has 1 fully saturated rings. The Labute approximate surface area is 298 Å². The molecule has 0 aliphatic carbocycles. The molecule has 2 aromatic carbocycles. The quantitative estimate of drug-likeness (QED) is 0.0965. The highest BCUT2D eigenvalue weighted by Crippen LogP contribution is 2.30. The molecule has 0 N–H and O–H groups in total. The third kappa shape index (κ3) is 11.4. The topological polar surface area (TPSA) is 122 Å². The summed E-state index contributed by atoms with van der Waals surface area (Å²) in [5, 5.41) is 2.14. The number of amides is 1. The largest absolute Gasteiger partial charge is 0.465 e. The lowest BCUT2D eigenvalue weighted by Gasteiger charge is -2.36. The fourth-order valence-corrected chi connectivity index (χ4v) is 6.06. The van der Waals surface area contributed by atoms with E-state index in [0.29, 0.717) is 58.5 Å². The number of fused-ring (bicyclic) bond motifs is 1. The Morgan fingerprint density at radius 2 is 1.55 bits per heavy atom. The third-order valence-electron chi connectivity index (χ3n) is 8.60. The monoisotopic (exact) mass is 700 g/mol. The van der Waals surface area contributed by atoms with Crippen LogP contribution in [0, 0.1) is 5.92 Å². The van der Waals surface area contributed by atoms with E-state index in [1.807, 2.05) is 60.9 Å². The van der Waals surface area contributed by atoms with Crippen molar-refractivity contribution in [1.29, 1.82) is 0 Å². The predicted molar refractivity (Wildman–Crippen MR) is 195 cm³/mol. The van der Waals surface area contributed by atoms with E-state index in [1.54, 1.807) is 24.1 Å². The van der Waals surface area contributed by atoms with Crippen molar-refractivity contribution < 1.29 is 33.3 Å². The van der Waals surface area contributed by atoms with Crippen molar-refractivity contribution in [1.82, 2.24) is 9.55 Å². The Kier molecular flexibility index (Phi) is 15.0. The Hall–Kier alpha value is -4.62.